The zero-order chi connectivity index (χ0) is 33.1. The van der Waals surface area contributed by atoms with Crippen molar-refractivity contribution in [3.05, 3.63) is 70.3 Å². The van der Waals surface area contributed by atoms with Crippen molar-refractivity contribution < 1.29 is 34.4 Å². The van der Waals surface area contributed by atoms with Crippen LogP contribution < -0.4 is 10.6 Å². The molecule has 45 heavy (non-hydrogen) atoms. The molecule has 2 amide bonds. The predicted molar refractivity (Wildman–Crippen MR) is 175 cm³/mol. The van der Waals surface area contributed by atoms with Gasteiger partial charge in [0, 0.05) is 13.1 Å². The largest absolute Gasteiger partial charge is 0.387 e. The van der Waals surface area contributed by atoms with Crippen molar-refractivity contribution in [3.8, 4) is 12.3 Å². The molecule has 1 fully saturated rings. The molecule has 1 aliphatic rings. The Hall–Kier alpha value is -2.95. The van der Waals surface area contributed by atoms with Gasteiger partial charge in [-0.1, -0.05) is 48.4 Å². The van der Waals surface area contributed by atoms with Crippen molar-refractivity contribution in [1.29, 1.82) is 0 Å². The molecule has 11 heteroatoms. The number of hydrogen-bond acceptors (Lipinski definition) is 9. The van der Waals surface area contributed by atoms with Crippen molar-refractivity contribution in [2.45, 2.75) is 75.6 Å². The van der Waals surface area contributed by atoms with Crippen LogP contribution in [-0.4, -0.2) is 101 Å². The Labute approximate surface area is 270 Å². The average Bonchev–Trinajstić information content (AvgIpc) is 3.00. The Kier molecular flexibility index (Phi) is 13.9. The van der Waals surface area contributed by atoms with Gasteiger partial charge in [0.05, 0.1) is 26.2 Å². The molecular formula is C34H47N3O7S. The maximum atomic E-state index is 12.5. The molecule has 0 unspecified atom stereocenters. The molecule has 10 nitrogen and oxygen atoms in total. The molecule has 5 atom stereocenters. The maximum absolute atomic E-state index is 12.5. The average molecular weight is 642 g/mol. The molecule has 0 aliphatic carbocycles. The molecule has 0 bridgehead atoms. The highest BCUT2D eigenvalue weighted by Gasteiger charge is 2.44. The van der Waals surface area contributed by atoms with E-state index in [4.69, 9.17) is 15.9 Å². The van der Waals surface area contributed by atoms with Crippen LogP contribution in [0.2, 0.25) is 0 Å². The lowest BCUT2D eigenvalue weighted by molar-refractivity contribution is -0.200. The van der Waals surface area contributed by atoms with Gasteiger partial charge in [-0.05, 0) is 68.3 Å². The van der Waals surface area contributed by atoms with Gasteiger partial charge in [-0.2, -0.15) is 0 Å². The van der Waals surface area contributed by atoms with E-state index < -0.39 is 35.4 Å². The second-order valence-corrected chi connectivity index (χ2v) is 12.9. The summed E-state index contributed by atoms with van der Waals surface area (Å²) in [5.41, 5.74) is 3.26. The van der Waals surface area contributed by atoms with Crippen LogP contribution in [0.25, 0.3) is 0 Å². The molecule has 0 aromatic heterocycles. The number of benzene rings is 2. The van der Waals surface area contributed by atoms with E-state index in [0.29, 0.717) is 32.7 Å². The summed E-state index contributed by atoms with van der Waals surface area (Å²) in [5.74, 6) is 2.01. The minimum Gasteiger partial charge on any atom is -0.387 e. The van der Waals surface area contributed by atoms with Crippen LogP contribution in [0.15, 0.2) is 42.5 Å². The number of aliphatic hydroxyl groups is 3. The number of aryl methyl sites for hydroxylation is 1. The third-order valence-electron chi connectivity index (χ3n) is 7.82. The Morgan fingerprint density at radius 2 is 1.78 bits per heavy atom. The molecule has 0 spiro atoms. The highest BCUT2D eigenvalue weighted by atomic mass is 32.2. The van der Waals surface area contributed by atoms with Crippen molar-refractivity contribution in [2.75, 3.05) is 39.5 Å². The first-order valence-electron chi connectivity index (χ1n) is 15.0. The molecule has 246 valence electrons. The summed E-state index contributed by atoms with van der Waals surface area (Å²) in [6.07, 6.45) is 3.42. The number of nitrogens with one attached hydrogen (secondary N) is 2. The fourth-order valence-corrected chi connectivity index (χ4v) is 5.66. The highest BCUT2D eigenvalue weighted by molar-refractivity contribution is 7.99. The van der Waals surface area contributed by atoms with E-state index in [9.17, 15) is 24.9 Å². The number of rotatable bonds is 15. The SMILES string of the molecule is C#CCN(C)CCNC(=O)C(C)(C)NC(=O)CCOCc1ccc(Cc2cc([C@@H]3O[C@H](SC)[C@@H](O)[C@H](O)[C@H]3O)ccc2C)cc1. The van der Waals surface area contributed by atoms with Crippen LogP contribution in [0.4, 0.5) is 0 Å². The van der Waals surface area contributed by atoms with Gasteiger partial charge in [-0.25, -0.2) is 0 Å². The van der Waals surface area contributed by atoms with Gasteiger partial charge in [0.1, 0.15) is 35.4 Å². The third-order valence-corrected chi connectivity index (χ3v) is 8.68. The van der Waals surface area contributed by atoms with E-state index in [1.807, 2.05) is 61.3 Å². The first kappa shape index (κ1) is 36.5. The Bertz CT molecular complexity index is 1310. The standard InChI is InChI=1S/C34H47N3O7S/c1-7-16-37(5)17-15-35-33(42)34(3,4)36-27(38)14-18-43-21-24-11-9-23(10-12-24)19-26-20-25(13-8-22(26)2)31-29(40)28(39)30(41)32(44-31)45-6/h1,8-13,20,28-32,39-41H,14-19,21H2,2-6H3,(H,35,42)(H,36,38)/t28-,29-,30+,31+,32-/m1/s1. The number of carbonyl (C=O) groups excluding carboxylic acids is 2. The van der Waals surface area contributed by atoms with Gasteiger partial charge in [-0.15, -0.1) is 18.2 Å². The summed E-state index contributed by atoms with van der Waals surface area (Å²) in [6.45, 7) is 7.44. The molecule has 2 aromatic carbocycles. The number of nitrogens with zero attached hydrogens (tertiary/aromatic N) is 1. The fourth-order valence-electron chi connectivity index (χ4n) is 4.99. The first-order chi connectivity index (χ1) is 21.4. The van der Waals surface area contributed by atoms with Crippen molar-refractivity contribution in [3.63, 3.8) is 0 Å². The lowest BCUT2D eigenvalue weighted by Gasteiger charge is -2.40. The van der Waals surface area contributed by atoms with Crippen LogP contribution in [0.1, 0.15) is 54.2 Å². The van der Waals surface area contributed by atoms with E-state index in [-0.39, 0.29) is 24.8 Å². The Morgan fingerprint density at radius 1 is 1.09 bits per heavy atom. The summed E-state index contributed by atoms with van der Waals surface area (Å²) in [4.78, 5) is 26.9. The topological polar surface area (TPSA) is 141 Å². The van der Waals surface area contributed by atoms with Gasteiger partial charge in [-0.3, -0.25) is 14.5 Å². The van der Waals surface area contributed by atoms with E-state index in [0.717, 1.165) is 27.8 Å². The summed E-state index contributed by atoms with van der Waals surface area (Å²) >= 11 is 1.29. The second-order valence-electron chi connectivity index (χ2n) is 12.0. The molecule has 1 aliphatic heterocycles. The Balaban J connectivity index is 1.46. The minimum absolute atomic E-state index is 0.127. The molecule has 3 rings (SSSR count). The van der Waals surface area contributed by atoms with Gasteiger partial charge in [0.15, 0.2) is 0 Å². The van der Waals surface area contributed by atoms with Gasteiger partial charge < -0.3 is 35.4 Å². The summed E-state index contributed by atoms with van der Waals surface area (Å²) in [7, 11) is 1.87. The number of thioether (sulfide) groups is 1. The molecule has 1 saturated heterocycles. The van der Waals surface area contributed by atoms with Crippen LogP contribution in [0.5, 0.6) is 0 Å². The van der Waals surface area contributed by atoms with Crippen LogP contribution in [-0.2, 0) is 32.1 Å². The fraction of sp³-hybridized carbons (Fsp3) is 0.529. The van der Waals surface area contributed by atoms with E-state index in [2.05, 4.69) is 16.6 Å². The lowest BCUT2D eigenvalue weighted by Crippen LogP contribution is -2.55. The predicted octanol–water partition coefficient (Wildman–Crippen LogP) is 1.91. The molecular weight excluding hydrogens is 594 g/mol. The molecule has 0 saturated carbocycles. The normalized spacial score (nSPS) is 21.7. The second kappa shape index (κ2) is 17.1. The van der Waals surface area contributed by atoms with Gasteiger partial charge in [0.25, 0.3) is 0 Å². The Morgan fingerprint density at radius 3 is 2.44 bits per heavy atom. The number of hydrogen-bond donors (Lipinski definition) is 5. The number of aliphatic hydroxyl groups excluding tert-OH is 3. The highest BCUT2D eigenvalue weighted by Crippen LogP contribution is 2.36. The van der Waals surface area contributed by atoms with Gasteiger partial charge in [0.2, 0.25) is 11.8 Å². The molecule has 0 radical (unpaired) electrons. The van der Waals surface area contributed by atoms with Crippen LogP contribution >= 0.6 is 11.8 Å². The quantitative estimate of drug-likeness (QED) is 0.146. The molecule has 2 aromatic rings. The molecule has 5 N–H and O–H groups in total. The number of ether oxygens (including phenoxy) is 2. The lowest BCUT2D eigenvalue weighted by atomic mass is 9.91. The first-order valence-corrected chi connectivity index (χ1v) is 16.3. The summed E-state index contributed by atoms with van der Waals surface area (Å²) in [6, 6.07) is 13.9. The van der Waals surface area contributed by atoms with E-state index in [1.54, 1.807) is 20.1 Å². The van der Waals surface area contributed by atoms with E-state index in [1.165, 1.54) is 11.8 Å². The summed E-state index contributed by atoms with van der Waals surface area (Å²) in [5, 5.41) is 36.7. The summed E-state index contributed by atoms with van der Waals surface area (Å²) < 4.78 is 11.7. The smallest absolute Gasteiger partial charge is 0.245 e. The number of terminal acetylenes is 1. The number of likely N-dealkylation sites (N-methyl/N-ethyl adjacent to an activating group) is 1. The van der Waals surface area contributed by atoms with Crippen LogP contribution in [0.3, 0.4) is 0 Å². The monoisotopic (exact) mass is 641 g/mol. The number of amides is 2. The third kappa shape index (κ3) is 10.5. The van der Waals surface area contributed by atoms with Crippen molar-refractivity contribution in [2.24, 2.45) is 0 Å². The molecule has 1 heterocycles. The zero-order valence-corrected chi connectivity index (χ0v) is 27.6. The zero-order valence-electron chi connectivity index (χ0n) is 26.8. The van der Waals surface area contributed by atoms with Crippen molar-refractivity contribution >= 4 is 23.6 Å². The van der Waals surface area contributed by atoms with Gasteiger partial charge >= 0.3 is 0 Å². The van der Waals surface area contributed by atoms with E-state index >= 15 is 0 Å². The number of carbonyl (C=O) groups is 2. The minimum atomic E-state index is -1.30. The maximum Gasteiger partial charge on any atom is 0.245 e. The van der Waals surface area contributed by atoms with Crippen molar-refractivity contribution in [1.82, 2.24) is 15.5 Å². The van der Waals surface area contributed by atoms with Crippen LogP contribution in [0, 0.1) is 19.3 Å².